The highest BCUT2D eigenvalue weighted by atomic mass is 32.1. The van der Waals surface area contributed by atoms with E-state index in [1.807, 2.05) is 37.3 Å². The van der Waals surface area contributed by atoms with E-state index >= 15 is 0 Å². The van der Waals surface area contributed by atoms with E-state index in [0.717, 1.165) is 22.5 Å². The van der Waals surface area contributed by atoms with E-state index < -0.39 is 0 Å². The number of para-hydroxylation sites is 1. The molecule has 0 atom stereocenters. The maximum atomic E-state index is 5.28. The van der Waals surface area contributed by atoms with Gasteiger partial charge in [-0.15, -0.1) is 0 Å². The lowest BCUT2D eigenvalue weighted by molar-refractivity contribution is 0.850. The molecule has 0 spiro atoms. The van der Waals surface area contributed by atoms with Crippen LogP contribution in [0.4, 0.5) is 5.69 Å². The smallest absolute Gasteiger partial charge is 0.189 e. The van der Waals surface area contributed by atoms with Crippen molar-refractivity contribution in [3.63, 3.8) is 0 Å². The topological polar surface area (TPSA) is 36.1 Å². The first-order chi connectivity index (χ1) is 10.5. The van der Waals surface area contributed by atoms with Gasteiger partial charge in [0.1, 0.15) is 0 Å². The van der Waals surface area contributed by atoms with Crippen LogP contribution in [0, 0.1) is 20.8 Å². The van der Waals surface area contributed by atoms with Gasteiger partial charge in [0, 0.05) is 5.69 Å². The summed E-state index contributed by atoms with van der Waals surface area (Å²) in [5.74, 6) is 0. The lowest BCUT2D eigenvalue weighted by Gasteiger charge is -2.16. The fraction of sp³-hybridized carbons (Fsp3) is 0.167. The summed E-state index contributed by atoms with van der Waals surface area (Å²) in [6.45, 7) is 10.2. The Balaban J connectivity index is 1.92. The molecule has 2 aromatic rings. The third-order valence-corrected chi connectivity index (χ3v) is 3.78. The second-order valence-corrected chi connectivity index (χ2v) is 5.70. The van der Waals surface area contributed by atoms with Gasteiger partial charge in [0.25, 0.3) is 0 Å². The average Bonchev–Trinajstić information content (AvgIpc) is 2.50. The number of benzene rings is 2. The molecule has 2 rings (SSSR count). The Morgan fingerprint density at radius 3 is 2.32 bits per heavy atom. The monoisotopic (exact) mass is 311 g/mol. The molecular weight excluding hydrogens is 290 g/mol. The number of rotatable bonds is 4. The summed E-state index contributed by atoms with van der Waals surface area (Å²) in [7, 11) is 0. The Morgan fingerprint density at radius 2 is 1.64 bits per heavy atom. The van der Waals surface area contributed by atoms with Gasteiger partial charge in [0.05, 0.1) is 5.70 Å². The number of thiocarbonyl (C=S) groups is 1. The first-order valence-corrected chi connectivity index (χ1v) is 7.53. The molecular formula is C18H21N3S. The van der Waals surface area contributed by atoms with Crippen molar-refractivity contribution >= 4 is 28.7 Å². The van der Waals surface area contributed by atoms with Crippen LogP contribution >= 0.6 is 12.2 Å². The van der Waals surface area contributed by atoms with Crippen molar-refractivity contribution in [2.75, 3.05) is 5.32 Å². The molecule has 0 aliphatic carbocycles. The second-order valence-electron chi connectivity index (χ2n) is 5.30. The van der Waals surface area contributed by atoms with E-state index in [-0.39, 0.29) is 0 Å². The summed E-state index contributed by atoms with van der Waals surface area (Å²) < 4.78 is 0. The number of aryl methyl sites for hydroxylation is 3. The standard InChI is InChI=1S/C18H21N3S/c1-12-9-10-16(11-14(12)3)15(4)20-21-18(22)19-17-8-6-5-7-13(17)2/h5-11,20H,4H2,1-3H3,(H2,19,21,22). The van der Waals surface area contributed by atoms with E-state index in [9.17, 15) is 0 Å². The van der Waals surface area contributed by atoms with Crippen molar-refractivity contribution in [1.29, 1.82) is 0 Å². The van der Waals surface area contributed by atoms with Gasteiger partial charge in [-0.25, -0.2) is 0 Å². The van der Waals surface area contributed by atoms with E-state index in [0.29, 0.717) is 5.11 Å². The molecule has 0 saturated heterocycles. The summed E-state index contributed by atoms with van der Waals surface area (Å²) in [4.78, 5) is 0. The van der Waals surface area contributed by atoms with Crippen LogP contribution in [-0.2, 0) is 0 Å². The molecule has 0 aliphatic rings. The van der Waals surface area contributed by atoms with Gasteiger partial charge in [-0.1, -0.05) is 36.9 Å². The van der Waals surface area contributed by atoms with Crippen molar-refractivity contribution in [2.45, 2.75) is 20.8 Å². The molecule has 114 valence electrons. The highest BCUT2D eigenvalue weighted by Crippen LogP contribution is 2.15. The Kier molecular flexibility index (Phi) is 5.17. The van der Waals surface area contributed by atoms with Crippen LogP contribution in [-0.4, -0.2) is 5.11 Å². The van der Waals surface area contributed by atoms with Gasteiger partial charge in [-0.2, -0.15) is 0 Å². The molecule has 0 fully saturated rings. The Hall–Kier alpha value is -2.33. The Bertz CT molecular complexity index is 707. The quantitative estimate of drug-likeness (QED) is 0.587. The molecule has 4 heteroatoms. The highest BCUT2D eigenvalue weighted by molar-refractivity contribution is 7.80. The molecule has 22 heavy (non-hydrogen) atoms. The van der Waals surface area contributed by atoms with E-state index in [4.69, 9.17) is 12.2 Å². The molecule has 0 unspecified atom stereocenters. The minimum absolute atomic E-state index is 0.499. The first-order valence-electron chi connectivity index (χ1n) is 7.12. The van der Waals surface area contributed by atoms with Gasteiger partial charge in [0.15, 0.2) is 5.11 Å². The lowest BCUT2D eigenvalue weighted by atomic mass is 10.1. The van der Waals surface area contributed by atoms with Crippen LogP contribution in [0.25, 0.3) is 5.70 Å². The predicted molar refractivity (Wildman–Crippen MR) is 98.6 cm³/mol. The number of hydrogen-bond acceptors (Lipinski definition) is 2. The van der Waals surface area contributed by atoms with Crippen LogP contribution in [0.2, 0.25) is 0 Å². The number of nitrogens with one attached hydrogen (secondary N) is 3. The normalized spacial score (nSPS) is 9.95. The summed E-state index contributed by atoms with van der Waals surface area (Å²) in [6.07, 6.45) is 0. The van der Waals surface area contributed by atoms with Crippen molar-refractivity contribution in [2.24, 2.45) is 0 Å². The Labute approximate surface area is 137 Å². The molecule has 0 saturated carbocycles. The van der Waals surface area contributed by atoms with Crippen molar-refractivity contribution in [3.8, 4) is 0 Å². The summed E-state index contributed by atoms with van der Waals surface area (Å²) in [6, 6.07) is 14.2. The first kappa shape index (κ1) is 16.0. The third-order valence-electron chi connectivity index (χ3n) is 3.58. The lowest BCUT2D eigenvalue weighted by Crippen LogP contribution is -2.38. The molecule has 0 bridgehead atoms. The SMILES string of the molecule is C=C(NNC(=S)Nc1ccccc1C)c1ccc(C)c(C)c1. The summed E-state index contributed by atoms with van der Waals surface area (Å²) >= 11 is 5.28. The minimum Gasteiger partial charge on any atom is -0.331 e. The number of hydrazine groups is 1. The zero-order valence-electron chi connectivity index (χ0n) is 13.2. The fourth-order valence-corrected chi connectivity index (χ4v) is 2.16. The van der Waals surface area contributed by atoms with Gasteiger partial charge in [0.2, 0.25) is 0 Å². The molecule has 0 aromatic heterocycles. The number of hydrogen-bond donors (Lipinski definition) is 3. The minimum atomic E-state index is 0.499. The van der Waals surface area contributed by atoms with Gasteiger partial charge in [-0.3, -0.25) is 10.9 Å². The summed E-state index contributed by atoms with van der Waals surface area (Å²) in [5.41, 5.74) is 12.4. The maximum Gasteiger partial charge on any atom is 0.189 e. The molecule has 0 aliphatic heterocycles. The van der Waals surface area contributed by atoms with E-state index in [1.165, 1.54) is 11.1 Å². The van der Waals surface area contributed by atoms with Crippen LogP contribution < -0.4 is 16.2 Å². The highest BCUT2D eigenvalue weighted by Gasteiger charge is 2.03. The van der Waals surface area contributed by atoms with Gasteiger partial charge in [-0.05, 0) is 67.4 Å². The van der Waals surface area contributed by atoms with Crippen LogP contribution in [0.5, 0.6) is 0 Å². The molecule has 3 N–H and O–H groups in total. The van der Waals surface area contributed by atoms with Crippen LogP contribution in [0.15, 0.2) is 49.0 Å². The largest absolute Gasteiger partial charge is 0.331 e. The Morgan fingerprint density at radius 1 is 0.909 bits per heavy atom. The number of anilines is 1. The molecule has 0 amide bonds. The zero-order valence-corrected chi connectivity index (χ0v) is 14.0. The van der Waals surface area contributed by atoms with Crippen molar-refractivity contribution < 1.29 is 0 Å². The van der Waals surface area contributed by atoms with Crippen molar-refractivity contribution in [3.05, 3.63) is 71.3 Å². The van der Waals surface area contributed by atoms with Crippen LogP contribution in [0.3, 0.4) is 0 Å². The van der Waals surface area contributed by atoms with Gasteiger partial charge < -0.3 is 5.32 Å². The van der Waals surface area contributed by atoms with Crippen molar-refractivity contribution in [1.82, 2.24) is 10.9 Å². The fourth-order valence-electron chi connectivity index (χ4n) is 2.00. The zero-order chi connectivity index (χ0) is 16.1. The van der Waals surface area contributed by atoms with E-state index in [2.05, 4.69) is 48.7 Å². The van der Waals surface area contributed by atoms with E-state index in [1.54, 1.807) is 0 Å². The second kappa shape index (κ2) is 7.09. The molecule has 0 heterocycles. The predicted octanol–water partition coefficient (Wildman–Crippen LogP) is 4.07. The van der Waals surface area contributed by atoms with Gasteiger partial charge >= 0.3 is 0 Å². The maximum absolute atomic E-state index is 5.28. The summed E-state index contributed by atoms with van der Waals surface area (Å²) in [5, 5.41) is 3.65. The molecule has 2 aromatic carbocycles. The third kappa shape index (κ3) is 4.09. The molecule has 3 nitrogen and oxygen atoms in total. The molecule has 0 radical (unpaired) electrons. The van der Waals surface area contributed by atoms with Crippen LogP contribution in [0.1, 0.15) is 22.3 Å². The average molecular weight is 311 g/mol.